The van der Waals surface area contributed by atoms with Gasteiger partial charge in [0.1, 0.15) is 6.54 Å². The number of hydrogen-bond donors (Lipinski definition) is 2. The minimum absolute atomic E-state index is 0. The highest BCUT2D eigenvalue weighted by molar-refractivity contribution is 14.0. The molecule has 1 rings (SSSR count). The largest absolute Gasteiger partial charge is 0.382 e. The molecule has 25 heavy (non-hydrogen) atoms. The third-order valence-electron chi connectivity index (χ3n) is 3.85. The van der Waals surface area contributed by atoms with Gasteiger partial charge >= 0.3 is 0 Å². The molecule has 2 N–H and O–H groups in total. The van der Waals surface area contributed by atoms with Gasteiger partial charge in [-0.2, -0.15) is 0 Å². The van der Waals surface area contributed by atoms with Crippen molar-refractivity contribution in [3.05, 3.63) is 0 Å². The van der Waals surface area contributed by atoms with E-state index in [1.165, 1.54) is 6.42 Å². The topological polar surface area (TPSA) is 75.2 Å². The molecule has 1 amide bonds. The predicted molar refractivity (Wildman–Crippen MR) is 112 cm³/mol. The molecule has 0 aromatic carbocycles. The number of ether oxygens (including phenoxy) is 2. The number of hydrogen-bond acceptors (Lipinski definition) is 4. The monoisotopic (exact) mass is 470 g/mol. The standard InChI is InChI=1S/C17H34N4O3.HI/c1-4-23-11-8-6-10-18-17(20-14-16(22)21(2)3)19-13-15-9-5-7-12-24-15;/h15H,4-14H2,1-3H3,(H2,18,19,20);1H. The Bertz CT molecular complexity index is 375. The van der Waals surface area contributed by atoms with Crippen LogP contribution < -0.4 is 10.6 Å². The van der Waals surface area contributed by atoms with E-state index in [1.807, 2.05) is 6.92 Å². The molecule has 0 bridgehead atoms. The fourth-order valence-electron chi connectivity index (χ4n) is 2.32. The van der Waals surface area contributed by atoms with E-state index in [2.05, 4.69) is 15.6 Å². The first-order valence-corrected chi connectivity index (χ1v) is 9.05. The third-order valence-corrected chi connectivity index (χ3v) is 3.85. The zero-order chi connectivity index (χ0) is 17.6. The van der Waals surface area contributed by atoms with Crippen molar-refractivity contribution in [3.8, 4) is 0 Å². The molecule has 1 aliphatic heterocycles. The van der Waals surface area contributed by atoms with E-state index in [9.17, 15) is 4.79 Å². The van der Waals surface area contributed by atoms with Crippen molar-refractivity contribution < 1.29 is 14.3 Å². The second kappa shape index (κ2) is 15.6. The minimum atomic E-state index is -0.0126. The van der Waals surface area contributed by atoms with Gasteiger partial charge in [-0.05, 0) is 39.0 Å². The number of guanidine groups is 1. The van der Waals surface area contributed by atoms with E-state index in [-0.39, 0.29) is 42.5 Å². The van der Waals surface area contributed by atoms with E-state index in [0.29, 0.717) is 5.96 Å². The van der Waals surface area contributed by atoms with Gasteiger partial charge in [0.2, 0.25) is 5.91 Å². The van der Waals surface area contributed by atoms with Gasteiger partial charge in [-0.3, -0.25) is 4.79 Å². The molecule has 1 heterocycles. The summed E-state index contributed by atoms with van der Waals surface area (Å²) < 4.78 is 11.1. The summed E-state index contributed by atoms with van der Waals surface area (Å²) in [6, 6.07) is 0. The molecule has 0 aromatic heterocycles. The van der Waals surface area contributed by atoms with E-state index in [4.69, 9.17) is 9.47 Å². The maximum Gasteiger partial charge on any atom is 0.243 e. The number of rotatable bonds is 10. The molecule has 148 valence electrons. The van der Waals surface area contributed by atoms with Gasteiger partial charge in [0.05, 0.1) is 6.10 Å². The average Bonchev–Trinajstić information content (AvgIpc) is 2.60. The zero-order valence-electron chi connectivity index (χ0n) is 15.9. The van der Waals surface area contributed by atoms with E-state index >= 15 is 0 Å². The van der Waals surface area contributed by atoms with Crippen molar-refractivity contribution in [1.29, 1.82) is 0 Å². The lowest BCUT2D eigenvalue weighted by Crippen LogP contribution is -2.43. The lowest BCUT2D eigenvalue weighted by Gasteiger charge is -2.24. The van der Waals surface area contributed by atoms with Crippen molar-refractivity contribution in [3.63, 3.8) is 0 Å². The van der Waals surface area contributed by atoms with E-state index in [1.54, 1.807) is 19.0 Å². The van der Waals surface area contributed by atoms with Crippen LogP contribution in [0.3, 0.4) is 0 Å². The Morgan fingerprint density at radius 2 is 2.08 bits per heavy atom. The second-order valence-electron chi connectivity index (χ2n) is 6.15. The van der Waals surface area contributed by atoms with Crippen molar-refractivity contribution >= 4 is 35.8 Å². The Hall–Kier alpha value is -0.610. The number of carbonyl (C=O) groups is 1. The molecular weight excluding hydrogens is 435 g/mol. The maximum absolute atomic E-state index is 11.7. The third kappa shape index (κ3) is 12.4. The van der Waals surface area contributed by atoms with Crippen molar-refractivity contribution in [2.24, 2.45) is 4.99 Å². The van der Waals surface area contributed by atoms with Crippen LogP contribution >= 0.6 is 24.0 Å². The highest BCUT2D eigenvalue weighted by Gasteiger charge is 2.14. The predicted octanol–water partition coefficient (Wildman–Crippen LogP) is 1.61. The summed E-state index contributed by atoms with van der Waals surface area (Å²) in [6.45, 7) is 6.06. The summed E-state index contributed by atoms with van der Waals surface area (Å²) >= 11 is 0. The number of halogens is 1. The Balaban J connectivity index is 0.00000576. The van der Waals surface area contributed by atoms with Gasteiger partial charge in [0.15, 0.2) is 5.96 Å². The van der Waals surface area contributed by atoms with Crippen LogP contribution in [0.4, 0.5) is 0 Å². The first-order valence-electron chi connectivity index (χ1n) is 9.05. The normalized spacial score (nSPS) is 17.6. The van der Waals surface area contributed by atoms with Crippen LogP contribution in [-0.4, -0.2) is 76.4 Å². The summed E-state index contributed by atoms with van der Waals surface area (Å²) in [4.78, 5) is 17.7. The highest BCUT2D eigenvalue weighted by Crippen LogP contribution is 2.11. The first-order chi connectivity index (χ1) is 11.6. The number of carbonyl (C=O) groups excluding carboxylic acids is 1. The summed E-state index contributed by atoms with van der Waals surface area (Å²) in [5, 5.41) is 6.59. The molecule has 1 unspecified atom stereocenters. The minimum Gasteiger partial charge on any atom is -0.382 e. The molecule has 1 saturated heterocycles. The molecule has 0 aliphatic carbocycles. The summed E-state index contributed by atoms with van der Waals surface area (Å²) in [6.07, 6.45) is 5.67. The molecule has 0 spiro atoms. The molecule has 1 aliphatic rings. The lowest BCUT2D eigenvalue weighted by atomic mass is 10.1. The van der Waals surface area contributed by atoms with Crippen LogP contribution in [0.25, 0.3) is 0 Å². The summed E-state index contributed by atoms with van der Waals surface area (Å²) in [5.74, 6) is 0.664. The van der Waals surface area contributed by atoms with E-state index < -0.39 is 0 Å². The fraction of sp³-hybridized carbons (Fsp3) is 0.882. The van der Waals surface area contributed by atoms with Crippen molar-refractivity contribution in [1.82, 2.24) is 15.5 Å². The molecule has 0 radical (unpaired) electrons. The number of aliphatic imine (C=N–C) groups is 1. The smallest absolute Gasteiger partial charge is 0.243 e. The first kappa shape index (κ1) is 24.4. The Morgan fingerprint density at radius 3 is 2.72 bits per heavy atom. The number of nitrogens with zero attached hydrogens (tertiary/aromatic N) is 2. The second-order valence-corrected chi connectivity index (χ2v) is 6.15. The number of unbranched alkanes of at least 4 members (excludes halogenated alkanes) is 1. The molecule has 8 heteroatoms. The number of nitrogens with one attached hydrogen (secondary N) is 2. The Labute approximate surface area is 169 Å². The van der Waals surface area contributed by atoms with Gasteiger partial charge in [-0.15, -0.1) is 24.0 Å². The molecule has 1 atom stereocenters. The molecular formula is C17H35IN4O3. The zero-order valence-corrected chi connectivity index (χ0v) is 18.2. The van der Waals surface area contributed by atoms with Gasteiger partial charge in [0.25, 0.3) is 0 Å². The van der Waals surface area contributed by atoms with Crippen LogP contribution in [0.15, 0.2) is 4.99 Å². The molecule has 0 saturated carbocycles. The van der Waals surface area contributed by atoms with Crippen molar-refractivity contribution in [2.45, 2.75) is 45.1 Å². The molecule has 0 aromatic rings. The van der Waals surface area contributed by atoms with Crippen LogP contribution in [0, 0.1) is 0 Å². The quantitative estimate of drug-likeness (QED) is 0.220. The Kier molecular flexibility index (Phi) is 15.2. The molecule has 7 nitrogen and oxygen atoms in total. The maximum atomic E-state index is 11.7. The summed E-state index contributed by atoms with van der Waals surface area (Å²) in [7, 11) is 3.48. The Morgan fingerprint density at radius 1 is 1.28 bits per heavy atom. The van der Waals surface area contributed by atoms with E-state index in [0.717, 1.165) is 58.6 Å². The van der Waals surface area contributed by atoms with Crippen LogP contribution in [0.2, 0.25) is 0 Å². The lowest BCUT2D eigenvalue weighted by molar-refractivity contribution is -0.127. The van der Waals surface area contributed by atoms with Crippen LogP contribution in [0.5, 0.6) is 0 Å². The fourth-order valence-corrected chi connectivity index (χ4v) is 2.32. The molecule has 1 fully saturated rings. The van der Waals surface area contributed by atoms with Crippen molar-refractivity contribution in [2.75, 3.05) is 53.6 Å². The average molecular weight is 470 g/mol. The number of amides is 1. The van der Waals surface area contributed by atoms with Gasteiger partial charge in [-0.1, -0.05) is 0 Å². The van der Waals surface area contributed by atoms with Crippen LogP contribution in [-0.2, 0) is 14.3 Å². The highest BCUT2D eigenvalue weighted by atomic mass is 127. The summed E-state index contributed by atoms with van der Waals surface area (Å²) in [5.41, 5.74) is 0. The van der Waals surface area contributed by atoms with Gasteiger partial charge in [0, 0.05) is 47.0 Å². The number of likely N-dealkylation sites (N-methyl/N-ethyl adjacent to an activating group) is 1. The van der Waals surface area contributed by atoms with Gasteiger partial charge < -0.3 is 25.0 Å². The van der Waals surface area contributed by atoms with Crippen LogP contribution in [0.1, 0.15) is 39.0 Å². The SMILES string of the molecule is CCOCCCCNC(=NCC(=O)N(C)C)NCC1CCCCO1.I. The van der Waals surface area contributed by atoms with Gasteiger partial charge in [-0.25, -0.2) is 4.99 Å².